The second-order valence-electron chi connectivity index (χ2n) is 8.76. The SMILES string of the molecule is CCNC(=O)Nc1ncnc2c1ncn2C1OC(COCC(=O)OCC)C2O[C@H](/C=C/c3ccccc3)OC21. The molecule has 2 saturated heterocycles. The van der Waals surface area contributed by atoms with Gasteiger partial charge in [-0.2, -0.15) is 0 Å². The molecule has 5 rings (SSSR count). The smallest absolute Gasteiger partial charge is 0.332 e. The number of carbonyl (C=O) groups is 2. The molecule has 2 aliphatic rings. The van der Waals surface area contributed by atoms with Gasteiger partial charge in [-0.05, 0) is 25.5 Å². The van der Waals surface area contributed by atoms with Crippen molar-refractivity contribution in [1.82, 2.24) is 24.8 Å². The monoisotopic (exact) mass is 538 g/mol. The van der Waals surface area contributed by atoms with Crippen LogP contribution in [0, 0.1) is 0 Å². The molecular formula is C26H30N6O7. The number of hydrogen-bond donors (Lipinski definition) is 2. The molecule has 13 nitrogen and oxygen atoms in total. The van der Waals surface area contributed by atoms with Crippen molar-refractivity contribution >= 4 is 35.1 Å². The van der Waals surface area contributed by atoms with E-state index in [4.69, 9.17) is 23.7 Å². The fraction of sp³-hybridized carbons (Fsp3) is 0.423. The topological polar surface area (TPSA) is 148 Å². The quantitative estimate of drug-likeness (QED) is 0.368. The molecule has 5 atom stereocenters. The predicted molar refractivity (Wildman–Crippen MR) is 138 cm³/mol. The van der Waals surface area contributed by atoms with Gasteiger partial charge in [0.25, 0.3) is 0 Å². The molecule has 206 valence electrons. The highest BCUT2D eigenvalue weighted by atomic mass is 16.8. The van der Waals surface area contributed by atoms with E-state index in [1.54, 1.807) is 17.8 Å². The lowest BCUT2D eigenvalue weighted by atomic mass is 10.1. The summed E-state index contributed by atoms with van der Waals surface area (Å²) in [5, 5.41) is 5.35. The van der Waals surface area contributed by atoms with Gasteiger partial charge in [-0.15, -0.1) is 0 Å². The summed E-state index contributed by atoms with van der Waals surface area (Å²) in [5.41, 5.74) is 1.85. The van der Waals surface area contributed by atoms with Gasteiger partial charge < -0.3 is 29.0 Å². The number of esters is 1. The van der Waals surface area contributed by atoms with E-state index in [0.717, 1.165) is 5.56 Å². The van der Waals surface area contributed by atoms with Crippen LogP contribution >= 0.6 is 0 Å². The third kappa shape index (κ3) is 6.06. The summed E-state index contributed by atoms with van der Waals surface area (Å²) in [6.07, 6.45) is 3.80. The number of urea groups is 1. The van der Waals surface area contributed by atoms with Crippen molar-refractivity contribution in [2.75, 3.05) is 31.7 Å². The third-order valence-electron chi connectivity index (χ3n) is 6.12. The van der Waals surface area contributed by atoms with E-state index in [-0.39, 0.29) is 25.6 Å². The molecule has 0 aliphatic carbocycles. The number of nitrogens with zero attached hydrogens (tertiary/aromatic N) is 4. The molecule has 0 spiro atoms. The zero-order valence-corrected chi connectivity index (χ0v) is 21.6. The Labute approximate surface area is 224 Å². The van der Waals surface area contributed by atoms with Crippen molar-refractivity contribution in [2.24, 2.45) is 0 Å². The van der Waals surface area contributed by atoms with Gasteiger partial charge >= 0.3 is 12.0 Å². The molecule has 0 bridgehead atoms. The number of nitrogens with one attached hydrogen (secondary N) is 2. The predicted octanol–water partition coefficient (Wildman–Crippen LogP) is 2.27. The molecule has 2 fully saturated rings. The Morgan fingerprint density at radius 1 is 1.08 bits per heavy atom. The molecule has 1 aromatic carbocycles. The van der Waals surface area contributed by atoms with Crippen LogP contribution in [0.3, 0.4) is 0 Å². The van der Waals surface area contributed by atoms with Gasteiger partial charge in [-0.25, -0.2) is 24.5 Å². The molecule has 2 N–H and O–H groups in total. The van der Waals surface area contributed by atoms with Crippen molar-refractivity contribution in [3.63, 3.8) is 0 Å². The van der Waals surface area contributed by atoms with Crippen molar-refractivity contribution in [1.29, 1.82) is 0 Å². The molecule has 13 heteroatoms. The van der Waals surface area contributed by atoms with Gasteiger partial charge in [-0.1, -0.05) is 36.4 Å². The Hall–Kier alpha value is -3.91. The Morgan fingerprint density at radius 2 is 1.90 bits per heavy atom. The van der Waals surface area contributed by atoms with E-state index in [1.165, 1.54) is 6.33 Å². The highest BCUT2D eigenvalue weighted by Gasteiger charge is 2.53. The summed E-state index contributed by atoms with van der Waals surface area (Å²) in [7, 11) is 0. The Balaban J connectivity index is 1.37. The Kier molecular flexibility index (Phi) is 8.42. The van der Waals surface area contributed by atoms with Crippen LogP contribution < -0.4 is 10.6 Å². The van der Waals surface area contributed by atoms with E-state index < -0.39 is 42.8 Å². The molecule has 2 aliphatic heterocycles. The number of aromatic nitrogens is 4. The summed E-state index contributed by atoms with van der Waals surface area (Å²) in [6, 6.07) is 9.41. The zero-order chi connectivity index (χ0) is 27.2. The molecule has 0 radical (unpaired) electrons. The summed E-state index contributed by atoms with van der Waals surface area (Å²) in [5.74, 6) is -0.193. The lowest BCUT2D eigenvalue weighted by Gasteiger charge is -2.20. The number of fused-ring (bicyclic) bond motifs is 2. The number of anilines is 1. The maximum absolute atomic E-state index is 12.1. The first-order valence-corrected chi connectivity index (χ1v) is 12.7. The first-order valence-electron chi connectivity index (χ1n) is 12.7. The molecular weight excluding hydrogens is 508 g/mol. The minimum atomic E-state index is -0.668. The average Bonchev–Trinajstić information content (AvgIpc) is 3.63. The number of rotatable bonds is 10. The van der Waals surface area contributed by atoms with Gasteiger partial charge in [0.15, 0.2) is 29.5 Å². The molecule has 2 aromatic heterocycles. The van der Waals surface area contributed by atoms with Crippen LogP contribution in [0.1, 0.15) is 25.6 Å². The number of hydrogen-bond acceptors (Lipinski definition) is 10. The van der Waals surface area contributed by atoms with Gasteiger partial charge in [0.05, 0.1) is 19.5 Å². The van der Waals surface area contributed by atoms with Gasteiger partial charge in [0, 0.05) is 6.54 Å². The van der Waals surface area contributed by atoms with E-state index in [9.17, 15) is 9.59 Å². The van der Waals surface area contributed by atoms with E-state index >= 15 is 0 Å². The van der Waals surface area contributed by atoms with Crippen molar-refractivity contribution < 1.29 is 33.3 Å². The largest absolute Gasteiger partial charge is 0.464 e. The number of imidazole rings is 1. The molecule has 4 unspecified atom stereocenters. The lowest BCUT2D eigenvalue weighted by molar-refractivity contribution is -0.155. The summed E-state index contributed by atoms with van der Waals surface area (Å²) in [4.78, 5) is 36.8. The normalized spacial score (nSPS) is 24.2. The number of carbonyl (C=O) groups excluding carboxylic acids is 2. The maximum Gasteiger partial charge on any atom is 0.332 e. The lowest BCUT2D eigenvalue weighted by Crippen LogP contribution is -2.32. The average molecular weight is 539 g/mol. The van der Waals surface area contributed by atoms with Crippen molar-refractivity contribution in [2.45, 2.75) is 44.7 Å². The number of ether oxygens (including phenoxy) is 5. The van der Waals surface area contributed by atoms with Gasteiger partial charge in [0.1, 0.15) is 31.2 Å². The van der Waals surface area contributed by atoms with Crippen molar-refractivity contribution in [3.8, 4) is 0 Å². The highest BCUT2D eigenvalue weighted by molar-refractivity contribution is 5.95. The number of amides is 2. The van der Waals surface area contributed by atoms with Crippen LogP contribution in [0.4, 0.5) is 10.6 Å². The third-order valence-corrected chi connectivity index (χ3v) is 6.12. The van der Waals surface area contributed by atoms with E-state index in [2.05, 4.69) is 25.6 Å². The fourth-order valence-electron chi connectivity index (χ4n) is 4.46. The van der Waals surface area contributed by atoms with E-state index in [0.29, 0.717) is 17.7 Å². The first-order chi connectivity index (χ1) is 19.1. The van der Waals surface area contributed by atoms with E-state index in [1.807, 2.05) is 49.4 Å². The van der Waals surface area contributed by atoms with Crippen LogP contribution in [0.2, 0.25) is 0 Å². The first kappa shape index (κ1) is 26.7. The molecule has 0 saturated carbocycles. The molecule has 39 heavy (non-hydrogen) atoms. The minimum Gasteiger partial charge on any atom is -0.464 e. The summed E-state index contributed by atoms with van der Waals surface area (Å²) in [6.45, 7) is 4.16. The Morgan fingerprint density at radius 3 is 2.69 bits per heavy atom. The van der Waals surface area contributed by atoms with Crippen LogP contribution in [-0.4, -0.2) is 82.5 Å². The molecule has 2 amide bonds. The van der Waals surface area contributed by atoms with Crippen LogP contribution in [0.25, 0.3) is 17.2 Å². The van der Waals surface area contributed by atoms with Crippen LogP contribution in [-0.2, 0) is 28.5 Å². The minimum absolute atomic E-state index is 0.0839. The highest BCUT2D eigenvalue weighted by Crippen LogP contribution is 2.41. The molecule has 4 heterocycles. The second kappa shape index (κ2) is 12.3. The van der Waals surface area contributed by atoms with Crippen LogP contribution in [0.15, 0.2) is 49.1 Å². The second-order valence-corrected chi connectivity index (χ2v) is 8.76. The summed E-state index contributed by atoms with van der Waals surface area (Å²) < 4.78 is 31.0. The molecule has 3 aromatic rings. The number of benzene rings is 1. The maximum atomic E-state index is 12.1. The van der Waals surface area contributed by atoms with Gasteiger partial charge in [-0.3, -0.25) is 9.88 Å². The van der Waals surface area contributed by atoms with Gasteiger partial charge in [0.2, 0.25) is 0 Å². The zero-order valence-electron chi connectivity index (χ0n) is 21.6. The Bertz CT molecular complexity index is 1320. The summed E-state index contributed by atoms with van der Waals surface area (Å²) >= 11 is 0. The van der Waals surface area contributed by atoms with Crippen molar-refractivity contribution in [3.05, 3.63) is 54.6 Å². The van der Waals surface area contributed by atoms with Crippen LogP contribution in [0.5, 0.6) is 0 Å². The standard InChI is InChI=1S/C26H30N6O7/c1-3-27-26(34)31-23-20-24(29-14-28-23)32(15-30-20)25-22-21(17(37-25)12-35-13-18(33)36-4-2)38-19(39-22)11-10-16-8-6-5-7-9-16/h5-11,14-15,17,19,21-22,25H,3-4,12-13H2,1-2H3,(H2,27,28,29,31,34)/b11-10+/t17?,19-,21?,22?,25?/m0/s1. The fourth-order valence-corrected chi connectivity index (χ4v) is 4.46.